The van der Waals surface area contributed by atoms with E-state index < -0.39 is 22.7 Å². The van der Waals surface area contributed by atoms with Crippen LogP contribution >= 0.6 is 11.6 Å². The number of hydrogen-bond donors (Lipinski definition) is 2. The van der Waals surface area contributed by atoms with Crippen LogP contribution in [0.4, 0.5) is 11.4 Å². The van der Waals surface area contributed by atoms with E-state index >= 15 is 0 Å². The van der Waals surface area contributed by atoms with E-state index in [9.17, 15) is 14.4 Å². The van der Waals surface area contributed by atoms with Crippen LogP contribution in [0.5, 0.6) is 23.0 Å². The number of fused-ring (bicyclic) bond motifs is 4. The summed E-state index contributed by atoms with van der Waals surface area (Å²) >= 11 is 6.65. The molecule has 0 bridgehead atoms. The minimum atomic E-state index is -1.64. The average molecular weight is 558 g/mol. The molecule has 12 heteroatoms. The first-order valence-corrected chi connectivity index (χ1v) is 12.5. The van der Waals surface area contributed by atoms with E-state index in [0.29, 0.717) is 57.3 Å². The van der Waals surface area contributed by atoms with Gasteiger partial charge in [0.2, 0.25) is 11.5 Å². The molecule has 2 N–H and O–H groups in total. The van der Waals surface area contributed by atoms with Crippen molar-refractivity contribution < 1.29 is 38.1 Å². The normalized spacial score (nSPS) is 19.7. The Balaban J connectivity index is 1.65. The van der Waals surface area contributed by atoms with Gasteiger partial charge in [-0.1, -0.05) is 0 Å². The van der Waals surface area contributed by atoms with Crippen molar-refractivity contribution in [1.29, 1.82) is 0 Å². The number of rotatable bonds is 6. The number of methoxy groups -OCH3 is 5. The zero-order valence-corrected chi connectivity index (χ0v) is 23.1. The van der Waals surface area contributed by atoms with E-state index in [2.05, 4.69) is 10.3 Å². The van der Waals surface area contributed by atoms with Gasteiger partial charge in [-0.2, -0.15) is 0 Å². The summed E-state index contributed by atoms with van der Waals surface area (Å²) in [5.74, 6) is -0.0622. The van der Waals surface area contributed by atoms with E-state index in [1.54, 1.807) is 18.2 Å². The van der Waals surface area contributed by atoms with Crippen LogP contribution in [0.1, 0.15) is 33.3 Å². The van der Waals surface area contributed by atoms with Crippen molar-refractivity contribution in [2.45, 2.75) is 24.3 Å². The van der Waals surface area contributed by atoms with Gasteiger partial charge in [0.05, 0.1) is 63.4 Å². The van der Waals surface area contributed by atoms with Crippen molar-refractivity contribution in [3.63, 3.8) is 0 Å². The van der Waals surface area contributed by atoms with Crippen molar-refractivity contribution in [2.75, 3.05) is 52.3 Å². The van der Waals surface area contributed by atoms with Crippen LogP contribution in [0.15, 0.2) is 18.2 Å². The van der Waals surface area contributed by atoms with Crippen molar-refractivity contribution in [3.8, 4) is 23.0 Å². The zero-order valence-electron chi connectivity index (χ0n) is 22.3. The molecule has 0 radical (unpaired) electrons. The van der Waals surface area contributed by atoms with Gasteiger partial charge in [0.15, 0.2) is 17.0 Å². The van der Waals surface area contributed by atoms with Gasteiger partial charge in [-0.25, -0.2) is 4.79 Å². The second kappa shape index (κ2) is 9.57. The molecule has 0 unspecified atom stereocenters. The number of aromatic amines is 1. The highest BCUT2D eigenvalue weighted by atomic mass is 35.5. The number of anilines is 2. The highest BCUT2D eigenvalue weighted by molar-refractivity contribution is 6.27. The maximum atomic E-state index is 14.0. The third-order valence-corrected chi connectivity index (χ3v) is 7.53. The van der Waals surface area contributed by atoms with Crippen molar-refractivity contribution in [3.05, 3.63) is 35.0 Å². The molecule has 1 aromatic heterocycles. The quantitative estimate of drug-likeness (QED) is 0.265. The number of ketones is 1. The molecule has 206 valence electrons. The number of Topliss-reactive ketones (excluding diaryl/α,β-unsaturated/α-hetero) is 1. The number of benzene rings is 2. The molecule has 0 fully saturated rings. The molecule has 3 aromatic rings. The van der Waals surface area contributed by atoms with Crippen molar-refractivity contribution >= 4 is 51.5 Å². The number of carbonyl (C=O) groups excluding carboxylic acids is 3. The maximum absolute atomic E-state index is 14.0. The lowest BCUT2D eigenvalue weighted by atomic mass is 9.88. The van der Waals surface area contributed by atoms with Crippen LogP contribution in [-0.4, -0.2) is 75.7 Å². The summed E-state index contributed by atoms with van der Waals surface area (Å²) in [5, 5.41) is 3.17. The number of ether oxygens (including phenoxy) is 5. The second-order valence-electron chi connectivity index (χ2n) is 9.41. The molecule has 0 saturated carbocycles. The highest BCUT2D eigenvalue weighted by Gasteiger charge is 2.52. The smallest absolute Gasteiger partial charge is 0.339 e. The molecule has 2 aliphatic rings. The van der Waals surface area contributed by atoms with Crippen LogP contribution in [-0.2, 0) is 16.0 Å². The number of nitrogens with one attached hydrogen (secondary N) is 2. The Hall–Kier alpha value is -4.12. The lowest BCUT2D eigenvalue weighted by Gasteiger charge is -2.33. The number of carbonyl (C=O) groups is 3. The molecule has 2 aliphatic heterocycles. The molecule has 11 nitrogen and oxygen atoms in total. The standard InChI is InChI=1S/C27H28ClN3O8/c1-27(26(34)39-6)24(32)19-14-9-13(28)11-31(16(14)10-17(35-2)21(19)30-27)25(33)15-7-12-8-18(36-3)22(37-4)23(38-5)20(12)29-15/h7-8,10,13,29-30H,9,11H2,1-6H3/t13-,27+/m0/s1. The Kier molecular flexibility index (Phi) is 6.50. The van der Waals surface area contributed by atoms with Gasteiger partial charge in [0.25, 0.3) is 5.91 Å². The van der Waals surface area contributed by atoms with Gasteiger partial charge < -0.3 is 38.9 Å². The molecule has 3 heterocycles. The molecule has 5 rings (SSSR count). The average Bonchev–Trinajstić information content (AvgIpc) is 3.49. The molecule has 39 heavy (non-hydrogen) atoms. The van der Waals surface area contributed by atoms with Crippen LogP contribution in [0.25, 0.3) is 10.9 Å². The van der Waals surface area contributed by atoms with Gasteiger partial charge in [-0.05, 0) is 31.0 Å². The van der Waals surface area contributed by atoms with E-state index in [1.807, 2.05) is 0 Å². The van der Waals surface area contributed by atoms with Crippen LogP contribution in [0.2, 0.25) is 0 Å². The third-order valence-electron chi connectivity index (χ3n) is 7.24. The third kappa shape index (κ3) is 3.82. The van der Waals surface area contributed by atoms with Gasteiger partial charge in [0, 0.05) is 18.0 Å². The Labute approximate surface area is 229 Å². The summed E-state index contributed by atoms with van der Waals surface area (Å²) in [4.78, 5) is 44.8. The maximum Gasteiger partial charge on any atom is 0.339 e. The van der Waals surface area contributed by atoms with E-state index in [-0.39, 0.29) is 23.7 Å². The molecular weight excluding hydrogens is 530 g/mol. The molecule has 0 spiro atoms. The summed E-state index contributed by atoms with van der Waals surface area (Å²) in [6, 6.07) is 5.10. The number of alkyl halides is 1. The number of nitrogens with zero attached hydrogens (tertiary/aromatic N) is 1. The largest absolute Gasteiger partial charge is 0.494 e. The second-order valence-corrected chi connectivity index (χ2v) is 10.0. The number of hydrogen-bond acceptors (Lipinski definition) is 9. The summed E-state index contributed by atoms with van der Waals surface area (Å²) in [6.07, 6.45) is 0.312. The van der Waals surface area contributed by atoms with Crippen molar-refractivity contribution in [2.24, 2.45) is 0 Å². The fraction of sp³-hybridized carbons (Fsp3) is 0.370. The van der Waals surface area contributed by atoms with Gasteiger partial charge in [0.1, 0.15) is 11.4 Å². The number of esters is 1. The van der Waals surface area contributed by atoms with E-state index in [0.717, 1.165) is 0 Å². The van der Waals surface area contributed by atoms with Crippen LogP contribution in [0, 0.1) is 0 Å². The summed E-state index contributed by atoms with van der Waals surface area (Å²) in [5.41, 5.74) is 0.816. The summed E-state index contributed by atoms with van der Waals surface area (Å²) < 4.78 is 26.9. The fourth-order valence-electron chi connectivity index (χ4n) is 5.35. The number of H-pyrrole nitrogens is 1. The highest BCUT2D eigenvalue weighted by Crippen LogP contribution is 2.48. The van der Waals surface area contributed by atoms with Gasteiger partial charge in [-0.3, -0.25) is 9.59 Å². The van der Waals surface area contributed by atoms with Crippen molar-refractivity contribution in [1.82, 2.24) is 4.98 Å². The minimum absolute atomic E-state index is 0.185. The van der Waals surface area contributed by atoms with Gasteiger partial charge in [-0.15, -0.1) is 11.6 Å². The van der Waals surface area contributed by atoms with Gasteiger partial charge >= 0.3 is 5.97 Å². The lowest BCUT2D eigenvalue weighted by Crippen LogP contribution is -2.47. The molecule has 0 aliphatic carbocycles. The molecule has 2 aromatic carbocycles. The molecule has 1 amide bonds. The number of halogens is 1. The Morgan fingerprint density at radius 3 is 2.31 bits per heavy atom. The molecular formula is C27H28ClN3O8. The van der Waals surface area contributed by atoms with E-state index in [4.69, 9.17) is 35.3 Å². The Morgan fingerprint density at radius 2 is 1.69 bits per heavy atom. The molecule has 0 saturated heterocycles. The number of aromatic nitrogens is 1. The van der Waals surface area contributed by atoms with Crippen LogP contribution in [0.3, 0.4) is 0 Å². The SMILES string of the molecule is COC(=O)[C@]1(C)Nc2c(OC)cc3c(c2C1=O)C[C@H](Cl)CN3C(=O)c1cc2cc(OC)c(OC)c(OC)c2[nH]1. The van der Waals surface area contributed by atoms with E-state index in [1.165, 1.54) is 47.4 Å². The predicted octanol–water partition coefficient (Wildman–Crippen LogP) is 3.55. The fourth-order valence-corrected chi connectivity index (χ4v) is 5.65. The predicted molar refractivity (Wildman–Crippen MR) is 144 cm³/mol. The zero-order chi connectivity index (χ0) is 28.2. The minimum Gasteiger partial charge on any atom is -0.494 e. The monoisotopic (exact) mass is 557 g/mol. The van der Waals surface area contributed by atoms with Crippen LogP contribution < -0.4 is 29.2 Å². The first-order chi connectivity index (χ1) is 18.6. The Morgan fingerprint density at radius 1 is 1.00 bits per heavy atom. The summed E-state index contributed by atoms with van der Waals surface area (Å²) in [7, 11) is 7.18. The molecule has 2 atom stereocenters. The summed E-state index contributed by atoms with van der Waals surface area (Å²) in [6.45, 7) is 1.64. The first-order valence-electron chi connectivity index (χ1n) is 12.1. The Bertz CT molecular complexity index is 1530. The topological polar surface area (TPSA) is 128 Å². The number of amides is 1. The first kappa shape index (κ1) is 26.5. The lowest BCUT2D eigenvalue weighted by molar-refractivity contribution is -0.143.